The fourth-order valence-electron chi connectivity index (χ4n) is 2.11. The lowest BCUT2D eigenvalue weighted by Gasteiger charge is -2.11. The lowest BCUT2D eigenvalue weighted by molar-refractivity contribution is -0.146. The summed E-state index contributed by atoms with van der Waals surface area (Å²) in [5.41, 5.74) is 1.89. The molecule has 0 spiro atoms. The van der Waals surface area contributed by atoms with Crippen molar-refractivity contribution in [3.8, 4) is 0 Å². The number of rotatable bonds is 5. The van der Waals surface area contributed by atoms with Gasteiger partial charge in [-0.25, -0.2) is 9.59 Å². The van der Waals surface area contributed by atoms with Crippen LogP contribution in [0.1, 0.15) is 47.3 Å². The molecule has 19 heavy (non-hydrogen) atoms. The van der Waals surface area contributed by atoms with Crippen molar-refractivity contribution in [2.45, 2.75) is 32.4 Å². The van der Waals surface area contributed by atoms with Crippen molar-refractivity contribution in [2.24, 2.45) is 0 Å². The SMILES string of the molecule is CCCCOC(=O)C1NCc2cc(C(=O)O)ccc21. The van der Waals surface area contributed by atoms with E-state index in [1.54, 1.807) is 12.1 Å². The summed E-state index contributed by atoms with van der Waals surface area (Å²) in [7, 11) is 0. The second-order valence-electron chi connectivity index (χ2n) is 4.55. The van der Waals surface area contributed by atoms with Crippen LogP contribution in [0.5, 0.6) is 0 Å². The van der Waals surface area contributed by atoms with E-state index in [1.165, 1.54) is 6.07 Å². The fourth-order valence-corrected chi connectivity index (χ4v) is 2.11. The highest BCUT2D eigenvalue weighted by Crippen LogP contribution is 2.27. The Labute approximate surface area is 111 Å². The van der Waals surface area contributed by atoms with Crippen molar-refractivity contribution >= 4 is 11.9 Å². The number of unbranched alkanes of at least 4 members (excludes halogenated alkanes) is 1. The summed E-state index contributed by atoms with van der Waals surface area (Å²) in [4.78, 5) is 22.8. The van der Waals surface area contributed by atoms with E-state index in [4.69, 9.17) is 9.84 Å². The lowest BCUT2D eigenvalue weighted by atomic mass is 10.0. The van der Waals surface area contributed by atoms with Gasteiger partial charge in [-0.2, -0.15) is 0 Å². The zero-order valence-electron chi connectivity index (χ0n) is 10.8. The number of carboxylic acids is 1. The third kappa shape index (κ3) is 2.93. The van der Waals surface area contributed by atoms with Gasteiger partial charge < -0.3 is 9.84 Å². The lowest BCUT2D eigenvalue weighted by Crippen LogP contribution is -2.24. The number of nitrogens with one attached hydrogen (secondary N) is 1. The summed E-state index contributed by atoms with van der Waals surface area (Å²) in [5.74, 6) is -1.26. The molecule has 0 aliphatic carbocycles. The van der Waals surface area contributed by atoms with Gasteiger partial charge in [0.15, 0.2) is 0 Å². The Hall–Kier alpha value is -1.88. The normalized spacial score (nSPS) is 17.0. The van der Waals surface area contributed by atoms with E-state index in [9.17, 15) is 9.59 Å². The average molecular weight is 263 g/mol. The van der Waals surface area contributed by atoms with Gasteiger partial charge in [0, 0.05) is 6.54 Å². The van der Waals surface area contributed by atoms with Gasteiger partial charge in [0.1, 0.15) is 6.04 Å². The maximum Gasteiger partial charge on any atom is 0.335 e. The molecule has 1 aromatic rings. The molecule has 2 N–H and O–H groups in total. The first-order valence-electron chi connectivity index (χ1n) is 6.39. The third-order valence-electron chi connectivity index (χ3n) is 3.18. The molecule has 0 bridgehead atoms. The zero-order valence-corrected chi connectivity index (χ0v) is 10.8. The molecule has 0 saturated carbocycles. The van der Waals surface area contributed by atoms with Crippen molar-refractivity contribution in [1.82, 2.24) is 5.32 Å². The van der Waals surface area contributed by atoms with E-state index in [-0.39, 0.29) is 11.5 Å². The van der Waals surface area contributed by atoms with Crippen LogP contribution in [0.2, 0.25) is 0 Å². The number of carbonyl (C=O) groups is 2. The molecular weight excluding hydrogens is 246 g/mol. The number of fused-ring (bicyclic) bond motifs is 1. The highest BCUT2D eigenvalue weighted by Gasteiger charge is 2.29. The minimum absolute atomic E-state index is 0.237. The topological polar surface area (TPSA) is 75.6 Å². The van der Waals surface area contributed by atoms with Gasteiger partial charge in [0.05, 0.1) is 12.2 Å². The number of carboxylic acid groups (broad SMARTS) is 1. The van der Waals surface area contributed by atoms with Gasteiger partial charge in [-0.05, 0) is 29.7 Å². The second kappa shape index (κ2) is 5.84. The van der Waals surface area contributed by atoms with Crippen LogP contribution < -0.4 is 5.32 Å². The molecule has 5 heteroatoms. The molecule has 0 radical (unpaired) electrons. The molecule has 102 valence electrons. The molecule has 5 nitrogen and oxygen atoms in total. The number of aromatic carboxylic acids is 1. The summed E-state index contributed by atoms with van der Waals surface area (Å²) in [5, 5.41) is 12.0. The van der Waals surface area contributed by atoms with Crippen LogP contribution in [-0.4, -0.2) is 23.7 Å². The molecule has 0 saturated heterocycles. The van der Waals surface area contributed by atoms with E-state index in [0.29, 0.717) is 13.2 Å². The quantitative estimate of drug-likeness (QED) is 0.626. The van der Waals surface area contributed by atoms with E-state index in [2.05, 4.69) is 5.32 Å². The first-order valence-corrected chi connectivity index (χ1v) is 6.39. The van der Waals surface area contributed by atoms with Crippen LogP contribution in [0.3, 0.4) is 0 Å². The Morgan fingerprint density at radius 3 is 2.95 bits per heavy atom. The number of ether oxygens (including phenoxy) is 1. The van der Waals surface area contributed by atoms with Crippen molar-refractivity contribution in [1.29, 1.82) is 0 Å². The van der Waals surface area contributed by atoms with Gasteiger partial charge in [0.25, 0.3) is 0 Å². The Kier molecular flexibility index (Phi) is 4.16. The molecule has 1 aromatic carbocycles. The second-order valence-corrected chi connectivity index (χ2v) is 4.55. The smallest absolute Gasteiger partial charge is 0.335 e. The minimum atomic E-state index is -0.961. The predicted octanol–water partition coefficient (Wildman–Crippen LogP) is 1.87. The Morgan fingerprint density at radius 2 is 2.26 bits per heavy atom. The summed E-state index contributed by atoms with van der Waals surface area (Å²) >= 11 is 0. The van der Waals surface area contributed by atoms with Gasteiger partial charge in [-0.15, -0.1) is 0 Å². The van der Waals surface area contributed by atoms with Crippen LogP contribution in [-0.2, 0) is 16.1 Å². The van der Waals surface area contributed by atoms with E-state index < -0.39 is 12.0 Å². The van der Waals surface area contributed by atoms with Gasteiger partial charge in [0.2, 0.25) is 0 Å². The molecule has 1 heterocycles. The number of carbonyl (C=O) groups excluding carboxylic acids is 1. The van der Waals surface area contributed by atoms with Crippen LogP contribution in [0.15, 0.2) is 18.2 Å². The van der Waals surface area contributed by atoms with Crippen LogP contribution in [0.25, 0.3) is 0 Å². The summed E-state index contributed by atoms with van der Waals surface area (Å²) in [6, 6.07) is 4.32. The van der Waals surface area contributed by atoms with Crippen molar-refractivity contribution < 1.29 is 19.4 Å². The van der Waals surface area contributed by atoms with Crippen molar-refractivity contribution in [3.63, 3.8) is 0 Å². The monoisotopic (exact) mass is 263 g/mol. The van der Waals surface area contributed by atoms with Gasteiger partial charge in [-0.3, -0.25) is 5.32 Å². The standard InChI is InChI=1S/C14H17NO4/c1-2-3-6-19-14(18)12-11-5-4-9(13(16)17)7-10(11)8-15-12/h4-5,7,12,15H,2-3,6,8H2,1H3,(H,16,17). The summed E-state index contributed by atoms with van der Waals surface area (Å²) in [6.07, 6.45) is 1.83. The maximum atomic E-state index is 11.9. The van der Waals surface area contributed by atoms with E-state index >= 15 is 0 Å². The molecular formula is C14H17NO4. The Morgan fingerprint density at radius 1 is 1.47 bits per heavy atom. The van der Waals surface area contributed by atoms with Crippen molar-refractivity contribution in [2.75, 3.05) is 6.61 Å². The van der Waals surface area contributed by atoms with E-state index in [1.807, 2.05) is 6.92 Å². The van der Waals surface area contributed by atoms with Gasteiger partial charge >= 0.3 is 11.9 Å². The van der Waals surface area contributed by atoms with Crippen LogP contribution in [0, 0.1) is 0 Å². The van der Waals surface area contributed by atoms with Crippen LogP contribution in [0.4, 0.5) is 0 Å². The number of esters is 1. The number of benzene rings is 1. The Balaban J connectivity index is 2.09. The Bertz CT molecular complexity index is 498. The average Bonchev–Trinajstić information content (AvgIpc) is 2.81. The fraction of sp³-hybridized carbons (Fsp3) is 0.429. The molecule has 1 aliphatic heterocycles. The highest BCUT2D eigenvalue weighted by molar-refractivity contribution is 5.88. The number of hydrogen-bond donors (Lipinski definition) is 2. The minimum Gasteiger partial charge on any atom is -0.478 e. The first-order chi connectivity index (χ1) is 9.13. The molecule has 1 unspecified atom stereocenters. The van der Waals surface area contributed by atoms with E-state index in [0.717, 1.165) is 24.0 Å². The molecule has 0 fully saturated rings. The number of hydrogen-bond acceptors (Lipinski definition) is 4. The summed E-state index contributed by atoms with van der Waals surface area (Å²) in [6.45, 7) is 2.95. The van der Waals surface area contributed by atoms with Crippen molar-refractivity contribution in [3.05, 3.63) is 34.9 Å². The molecule has 0 aromatic heterocycles. The third-order valence-corrected chi connectivity index (χ3v) is 3.18. The maximum absolute atomic E-state index is 11.9. The summed E-state index contributed by atoms with van der Waals surface area (Å²) < 4.78 is 5.18. The molecule has 2 rings (SSSR count). The molecule has 0 amide bonds. The zero-order chi connectivity index (χ0) is 13.8. The molecule has 1 aliphatic rings. The highest BCUT2D eigenvalue weighted by atomic mass is 16.5. The first kappa shape index (κ1) is 13.5. The largest absolute Gasteiger partial charge is 0.478 e. The van der Waals surface area contributed by atoms with Crippen LogP contribution >= 0.6 is 0 Å². The molecule has 1 atom stereocenters. The predicted molar refractivity (Wildman–Crippen MR) is 68.8 cm³/mol. The van der Waals surface area contributed by atoms with Gasteiger partial charge in [-0.1, -0.05) is 19.4 Å².